The monoisotopic (exact) mass is 272 g/mol. The van der Waals surface area contributed by atoms with Crippen LogP contribution in [0.15, 0.2) is 12.1 Å². The molecule has 0 saturated carbocycles. The van der Waals surface area contributed by atoms with Gasteiger partial charge in [-0.3, -0.25) is 4.79 Å². The molecule has 1 saturated heterocycles. The molecule has 0 atom stereocenters. The first-order valence-electron chi connectivity index (χ1n) is 6.12. The number of rotatable bonds is 1. The van der Waals surface area contributed by atoms with Crippen LogP contribution in [0.3, 0.4) is 0 Å². The average molecular weight is 272 g/mol. The molecule has 6 heteroatoms. The summed E-state index contributed by atoms with van der Waals surface area (Å²) in [6, 6.07) is 1.76. The molecular weight excluding hydrogens is 257 g/mol. The summed E-state index contributed by atoms with van der Waals surface area (Å²) < 4.78 is 39.5. The van der Waals surface area contributed by atoms with E-state index in [1.807, 2.05) is 7.05 Å². The van der Waals surface area contributed by atoms with Crippen LogP contribution in [0.4, 0.5) is 13.2 Å². The number of halogens is 3. The zero-order chi connectivity index (χ0) is 14.0. The van der Waals surface area contributed by atoms with Crippen molar-refractivity contribution in [3.8, 4) is 0 Å². The molecule has 0 radical (unpaired) electrons. The van der Waals surface area contributed by atoms with E-state index in [0.717, 1.165) is 25.1 Å². The van der Waals surface area contributed by atoms with E-state index in [9.17, 15) is 18.0 Å². The molecule has 104 valence electrons. The van der Waals surface area contributed by atoms with Gasteiger partial charge in [-0.2, -0.15) is 0 Å². The Bertz CT molecular complexity index is 493. The highest BCUT2D eigenvalue weighted by Gasteiger charge is 2.24. The molecule has 1 aromatic carbocycles. The van der Waals surface area contributed by atoms with Gasteiger partial charge in [0.2, 0.25) is 0 Å². The second kappa shape index (κ2) is 5.61. The third-order valence-corrected chi connectivity index (χ3v) is 3.27. The average Bonchev–Trinajstić information content (AvgIpc) is 2.60. The number of nitrogens with zero attached hydrogens (tertiary/aromatic N) is 2. The number of carbonyl (C=O) groups excluding carboxylic acids is 1. The van der Waals surface area contributed by atoms with E-state index < -0.39 is 28.9 Å². The van der Waals surface area contributed by atoms with Crippen LogP contribution in [0.1, 0.15) is 16.8 Å². The lowest BCUT2D eigenvalue weighted by Gasteiger charge is -2.20. The predicted molar refractivity (Wildman–Crippen MR) is 64.3 cm³/mol. The van der Waals surface area contributed by atoms with Crippen molar-refractivity contribution >= 4 is 5.91 Å². The third-order valence-electron chi connectivity index (χ3n) is 3.27. The van der Waals surface area contributed by atoms with Crippen LogP contribution in [0.25, 0.3) is 0 Å². The summed E-state index contributed by atoms with van der Waals surface area (Å²) in [6.07, 6.45) is 0.771. The lowest BCUT2D eigenvalue weighted by Crippen LogP contribution is -2.35. The maximum atomic E-state index is 13.6. The van der Waals surface area contributed by atoms with Gasteiger partial charge in [-0.1, -0.05) is 0 Å². The van der Waals surface area contributed by atoms with Crippen LogP contribution in [-0.4, -0.2) is 48.9 Å². The Morgan fingerprint density at radius 1 is 1.05 bits per heavy atom. The molecule has 1 heterocycles. The van der Waals surface area contributed by atoms with E-state index in [1.165, 1.54) is 4.90 Å². The number of hydrogen-bond donors (Lipinski definition) is 0. The summed E-state index contributed by atoms with van der Waals surface area (Å²) in [6.45, 7) is 2.47. The van der Waals surface area contributed by atoms with Gasteiger partial charge in [0.15, 0.2) is 17.5 Å². The normalized spacial score (nSPS) is 17.4. The molecule has 1 aliphatic rings. The molecule has 0 N–H and O–H groups in total. The Balaban J connectivity index is 2.22. The second-order valence-corrected chi connectivity index (χ2v) is 4.67. The van der Waals surface area contributed by atoms with Gasteiger partial charge >= 0.3 is 0 Å². The van der Waals surface area contributed by atoms with Gasteiger partial charge in [0, 0.05) is 19.6 Å². The summed E-state index contributed by atoms with van der Waals surface area (Å²) in [5, 5.41) is 0. The fraction of sp³-hybridized carbons (Fsp3) is 0.462. The van der Waals surface area contributed by atoms with Crippen LogP contribution in [0.5, 0.6) is 0 Å². The number of likely N-dealkylation sites (N-methyl/N-ethyl adjacent to an activating group) is 1. The maximum Gasteiger partial charge on any atom is 0.256 e. The summed E-state index contributed by atoms with van der Waals surface area (Å²) in [4.78, 5) is 15.7. The fourth-order valence-corrected chi connectivity index (χ4v) is 2.11. The minimum absolute atomic E-state index is 0.413. The smallest absolute Gasteiger partial charge is 0.256 e. The second-order valence-electron chi connectivity index (χ2n) is 4.67. The Labute approximate surface area is 109 Å². The van der Waals surface area contributed by atoms with Crippen molar-refractivity contribution in [2.24, 2.45) is 0 Å². The molecule has 0 spiro atoms. The summed E-state index contributed by atoms with van der Waals surface area (Å²) in [5.74, 6) is -4.89. The first kappa shape index (κ1) is 13.9. The van der Waals surface area contributed by atoms with Gasteiger partial charge in [-0.05, 0) is 32.1 Å². The molecule has 1 amide bonds. The van der Waals surface area contributed by atoms with Crippen molar-refractivity contribution in [3.05, 3.63) is 35.1 Å². The van der Waals surface area contributed by atoms with Crippen molar-refractivity contribution < 1.29 is 18.0 Å². The molecule has 0 aromatic heterocycles. The van der Waals surface area contributed by atoms with E-state index in [-0.39, 0.29) is 0 Å². The van der Waals surface area contributed by atoms with Gasteiger partial charge in [-0.25, -0.2) is 13.2 Å². The Hall–Kier alpha value is -1.56. The number of carbonyl (C=O) groups is 1. The Kier molecular flexibility index (Phi) is 4.09. The minimum atomic E-state index is -1.60. The standard InChI is InChI=1S/C13H15F3N2O/c1-17-5-2-6-18(8-7-17)13(19)9-3-4-10(14)12(16)11(9)15/h3-4H,2,5-8H2,1H3. The highest BCUT2D eigenvalue weighted by atomic mass is 19.2. The zero-order valence-corrected chi connectivity index (χ0v) is 10.6. The highest BCUT2D eigenvalue weighted by molar-refractivity contribution is 5.94. The van der Waals surface area contributed by atoms with Crippen molar-refractivity contribution in [1.82, 2.24) is 9.80 Å². The molecule has 1 fully saturated rings. The molecule has 0 bridgehead atoms. The quantitative estimate of drug-likeness (QED) is 0.729. The molecule has 3 nitrogen and oxygen atoms in total. The first-order valence-corrected chi connectivity index (χ1v) is 6.12. The van der Waals surface area contributed by atoms with E-state index >= 15 is 0 Å². The zero-order valence-electron chi connectivity index (χ0n) is 10.6. The van der Waals surface area contributed by atoms with E-state index in [0.29, 0.717) is 19.6 Å². The predicted octanol–water partition coefficient (Wildman–Crippen LogP) is 1.88. The van der Waals surface area contributed by atoms with Crippen LogP contribution >= 0.6 is 0 Å². The van der Waals surface area contributed by atoms with Crippen molar-refractivity contribution in [2.45, 2.75) is 6.42 Å². The first-order chi connectivity index (χ1) is 9.00. The van der Waals surface area contributed by atoms with Crippen molar-refractivity contribution in [3.63, 3.8) is 0 Å². The van der Waals surface area contributed by atoms with Gasteiger partial charge in [0.1, 0.15) is 0 Å². The topological polar surface area (TPSA) is 23.6 Å². The SMILES string of the molecule is CN1CCCN(C(=O)c2ccc(F)c(F)c2F)CC1. The molecular formula is C13H15F3N2O. The lowest BCUT2D eigenvalue weighted by molar-refractivity contribution is 0.0756. The van der Waals surface area contributed by atoms with E-state index in [2.05, 4.69) is 4.90 Å². The highest BCUT2D eigenvalue weighted by Crippen LogP contribution is 2.17. The molecule has 0 aliphatic carbocycles. The maximum absolute atomic E-state index is 13.6. The van der Waals surface area contributed by atoms with Crippen LogP contribution in [-0.2, 0) is 0 Å². The van der Waals surface area contributed by atoms with Gasteiger partial charge in [0.05, 0.1) is 5.56 Å². The van der Waals surface area contributed by atoms with E-state index in [4.69, 9.17) is 0 Å². The molecule has 19 heavy (non-hydrogen) atoms. The van der Waals surface area contributed by atoms with Gasteiger partial charge in [0.25, 0.3) is 5.91 Å². The Morgan fingerprint density at radius 3 is 2.53 bits per heavy atom. The number of hydrogen-bond acceptors (Lipinski definition) is 2. The molecule has 1 aromatic rings. The summed E-state index contributed by atoms with van der Waals surface area (Å²) in [5.41, 5.74) is -0.413. The van der Waals surface area contributed by atoms with Crippen LogP contribution in [0.2, 0.25) is 0 Å². The van der Waals surface area contributed by atoms with Crippen LogP contribution < -0.4 is 0 Å². The fourth-order valence-electron chi connectivity index (χ4n) is 2.11. The largest absolute Gasteiger partial charge is 0.337 e. The molecule has 0 unspecified atom stereocenters. The Morgan fingerprint density at radius 2 is 1.79 bits per heavy atom. The lowest BCUT2D eigenvalue weighted by atomic mass is 10.1. The summed E-state index contributed by atoms with van der Waals surface area (Å²) in [7, 11) is 1.94. The third kappa shape index (κ3) is 2.89. The molecule has 1 aliphatic heterocycles. The number of benzene rings is 1. The van der Waals surface area contributed by atoms with E-state index in [1.54, 1.807) is 0 Å². The molecule has 2 rings (SSSR count). The number of amides is 1. The van der Waals surface area contributed by atoms with Gasteiger partial charge in [-0.15, -0.1) is 0 Å². The van der Waals surface area contributed by atoms with Crippen molar-refractivity contribution in [1.29, 1.82) is 0 Å². The van der Waals surface area contributed by atoms with Crippen molar-refractivity contribution in [2.75, 3.05) is 33.2 Å². The summed E-state index contributed by atoms with van der Waals surface area (Å²) >= 11 is 0. The van der Waals surface area contributed by atoms with Crippen LogP contribution in [0, 0.1) is 17.5 Å². The van der Waals surface area contributed by atoms with Gasteiger partial charge < -0.3 is 9.80 Å². The minimum Gasteiger partial charge on any atom is -0.337 e.